The third-order valence-corrected chi connectivity index (χ3v) is 11.0. The first kappa shape index (κ1) is 34.7. The van der Waals surface area contributed by atoms with Crippen molar-refractivity contribution in [1.82, 2.24) is 9.13 Å². The predicted molar refractivity (Wildman–Crippen MR) is 195 cm³/mol. The van der Waals surface area contributed by atoms with Crippen LogP contribution in [0.1, 0.15) is 61.8 Å². The van der Waals surface area contributed by atoms with E-state index in [0.29, 0.717) is 43.2 Å². The summed E-state index contributed by atoms with van der Waals surface area (Å²) in [7, 11) is 4.47. The van der Waals surface area contributed by atoms with Crippen molar-refractivity contribution in [2.45, 2.75) is 40.7 Å². The van der Waals surface area contributed by atoms with E-state index < -0.39 is 18.0 Å². The van der Waals surface area contributed by atoms with Gasteiger partial charge in [-0.2, -0.15) is 0 Å². The van der Waals surface area contributed by atoms with E-state index in [0.717, 1.165) is 32.4 Å². The number of thiazole rings is 1. The van der Waals surface area contributed by atoms with Crippen LogP contribution in [-0.2, 0) is 14.3 Å². The van der Waals surface area contributed by atoms with Gasteiger partial charge in [0.05, 0.1) is 49.3 Å². The fraction of sp³-hybridized carbons (Fsp3) is 0.263. The van der Waals surface area contributed by atoms with Gasteiger partial charge < -0.3 is 23.5 Å². The molecule has 0 fully saturated rings. The van der Waals surface area contributed by atoms with Crippen molar-refractivity contribution in [2.75, 3.05) is 27.9 Å². The van der Waals surface area contributed by atoms with Crippen LogP contribution in [0.4, 0.5) is 0 Å². The van der Waals surface area contributed by atoms with Crippen LogP contribution in [0.25, 0.3) is 16.8 Å². The molecule has 258 valence electrons. The molecule has 2 aromatic carbocycles. The van der Waals surface area contributed by atoms with Gasteiger partial charge in [0, 0.05) is 27.4 Å². The second-order valence-corrected chi connectivity index (χ2v) is 13.9. The number of fused-ring (bicyclic) bond motifs is 1. The fourth-order valence-electron chi connectivity index (χ4n) is 6.28. The van der Waals surface area contributed by atoms with Gasteiger partial charge in [0.25, 0.3) is 5.56 Å². The van der Waals surface area contributed by atoms with Gasteiger partial charge in [0.2, 0.25) is 0 Å². The number of aryl methyl sites for hydroxylation is 2. The number of aromatic nitrogens is 2. The molecule has 10 nitrogen and oxygen atoms in total. The Hall–Kier alpha value is -5.20. The average molecular weight is 712 g/mol. The van der Waals surface area contributed by atoms with Crippen LogP contribution in [0.3, 0.4) is 0 Å². The topological polar surface area (TPSA) is 110 Å². The van der Waals surface area contributed by atoms with Crippen LogP contribution >= 0.6 is 22.7 Å². The Morgan fingerprint density at radius 2 is 1.68 bits per heavy atom. The number of nitrogens with zero attached hydrogens (tertiary/aromatic N) is 3. The molecule has 0 saturated heterocycles. The number of rotatable bonds is 9. The third kappa shape index (κ3) is 5.88. The van der Waals surface area contributed by atoms with Gasteiger partial charge in [-0.25, -0.2) is 14.6 Å². The molecule has 0 spiro atoms. The van der Waals surface area contributed by atoms with Gasteiger partial charge in [-0.15, -0.1) is 11.3 Å². The van der Waals surface area contributed by atoms with Gasteiger partial charge in [-0.3, -0.25) is 9.36 Å². The minimum absolute atomic E-state index is 0.132. The third-order valence-electron chi connectivity index (χ3n) is 8.82. The molecule has 0 aliphatic carbocycles. The first-order valence-electron chi connectivity index (χ1n) is 15.9. The Morgan fingerprint density at radius 3 is 2.34 bits per heavy atom. The van der Waals surface area contributed by atoms with E-state index in [2.05, 4.69) is 0 Å². The van der Waals surface area contributed by atoms with Crippen LogP contribution in [0.5, 0.6) is 11.5 Å². The second-order valence-electron chi connectivity index (χ2n) is 11.7. The first-order valence-corrected chi connectivity index (χ1v) is 17.6. The minimum Gasteiger partial charge on any atom is -0.497 e. The van der Waals surface area contributed by atoms with Crippen molar-refractivity contribution >= 4 is 46.4 Å². The number of esters is 2. The smallest absolute Gasteiger partial charge is 0.341 e. The second kappa shape index (κ2) is 14.0. The lowest BCUT2D eigenvalue weighted by Gasteiger charge is -2.27. The highest BCUT2D eigenvalue weighted by Gasteiger charge is 2.37. The largest absolute Gasteiger partial charge is 0.497 e. The molecule has 4 heterocycles. The maximum Gasteiger partial charge on any atom is 0.341 e. The zero-order valence-electron chi connectivity index (χ0n) is 29.1. The number of hydrogen-bond donors (Lipinski definition) is 0. The molecule has 1 aliphatic rings. The molecule has 0 radical (unpaired) electrons. The van der Waals surface area contributed by atoms with Crippen LogP contribution in [0.2, 0.25) is 0 Å². The number of thiophene rings is 1. The number of carbonyl (C=O) groups is 2. The van der Waals surface area contributed by atoms with Crippen LogP contribution in [-0.4, -0.2) is 49.0 Å². The lowest BCUT2D eigenvalue weighted by molar-refractivity contribution is -0.138. The molecule has 3 aromatic heterocycles. The summed E-state index contributed by atoms with van der Waals surface area (Å²) in [5, 5.41) is 0.764. The molecule has 5 aromatic rings. The summed E-state index contributed by atoms with van der Waals surface area (Å²) < 4.78 is 26.1. The highest BCUT2D eigenvalue weighted by atomic mass is 32.1. The lowest BCUT2D eigenvalue weighted by atomic mass is 9.92. The number of benzene rings is 2. The number of hydrogen-bond acceptors (Lipinski definition) is 10. The van der Waals surface area contributed by atoms with Gasteiger partial charge in [-0.05, 0) is 76.1 Å². The summed E-state index contributed by atoms with van der Waals surface area (Å²) in [5.41, 5.74) is 5.47. The van der Waals surface area contributed by atoms with E-state index in [1.807, 2.05) is 74.7 Å². The number of carbonyl (C=O) groups excluding carboxylic acids is 2. The highest BCUT2D eigenvalue weighted by molar-refractivity contribution is 7.15. The predicted octanol–water partition coefficient (Wildman–Crippen LogP) is 5.83. The zero-order chi connectivity index (χ0) is 35.9. The van der Waals surface area contributed by atoms with E-state index >= 15 is 0 Å². The van der Waals surface area contributed by atoms with Crippen LogP contribution in [0.15, 0.2) is 70.0 Å². The van der Waals surface area contributed by atoms with Gasteiger partial charge in [0.1, 0.15) is 22.5 Å². The van der Waals surface area contributed by atoms with Crippen molar-refractivity contribution < 1.29 is 28.5 Å². The van der Waals surface area contributed by atoms with E-state index in [-0.39, 0.29) is 17.7 Å². The molecular formula is C38H37N3O7S2. The van der Waals surface area contributed by atoms with Crippen molar-refractivity contribution in [2.24, 2.45) is 4.99 Å². The van der Waals surface area contributed by atoms with Crippen LogP contribution in [0, 0.1) is 27.7 Å². The molecule has 1 aliphatic heterocycles. The van der Waals surface area contributed by atoms with E-state index in [4.69, 9.17) is 23.9 Å². The van der Waals surface area contributed by atoms with E-state index in [1.165, 1.54) is 34.4 Å². The number of methoxy groups -OCH3 is 3. The van der Waals surface area contributed by atoms with Crippen LogP contribution < -0.4 is 24.4 Å². The van der Waals surface area contributed by atoms with Crippen molar-refractivity contribution in [1.29, 1.82) is 0 Å². The summed E-state index contributed by atoms with van der Waals surface area (Å²) in [6.07, 6.45) is 1.84. The van der Waals surface area contributed by atoms with Gasteiger partial charge >= 0.3 is 11.9 Å². The van der Waals surface area contributed by atoms with Gasteiger partial charge in [-0.1, -0.05) is 41.7 Å². The molecule has 12 heteroatoms. The van der Waals surface area contributed by atoms with Crippen molar-refractivity contribution in [3.63, 3.8) is 0 Å². The molecule has 1 atom stereocenters. The van der Waals surface area contributed by atoms with Gasteiger partial charge in [0.15, 0.2) is 4.80 Å². The molecule has 0 bridgehead atoms. The van der Waals surface area contributed by atoms with Crippen molar-refractivity contribution in [3.05, 3.63) is 124 Å². The summed E-state index contributed by atoms with van der Waals surface area (Å²) in [6.45, 7) is 9.68. The summed E-state index contributed by atoms with van der Waals surface area (Å²) in [4.78, 5) is 47.7. The minimum atomic E-state index is -0.945. The normalized spacial score (nSPS) is 14.3. The highest BCUT2D eigenvalue weighted by Crippen LogP contribution is 2.40. The lowest BCUT2D eigenvalue weighted by Crippen LogP contribution is -2.40. The Kier molecular flexibility index (Phi) is 9.68. The monoisotopic (exact) mass is 711 g/mol. The van der Waals surface area contributed by atoms with E-state index in [9.17, 15) is 14.4 Å². The quantitative estimate of drug-likeness (QED) is 0.177. The molecule has 50 heavy (non-hydrogen) atoms. The summed E-state index contributed by atoms with van der Waals surface area (Å²) in [6, 6.07) is 15.7. The molecular weight excluding hydrogens is 675 g/mol. The Morgan fingerprint density at radius 1 is 0.940 bits per heavy atom. The maximum atomic E-state index is 14.6. The maximum absolute atomic E-state index is 14.6. The summed E-state index contributed by atoms with van der Waals surface area (Å²) in [5.74, 6) is 0.00439. The van der Waals surface area contributed by atoms with E-state index in [1.54, 1.807) is 39.3 Å². The Balaban J connectivity index is 1.64. The SMILES string of the molecule is CCOC(=O)C1=C(c2ccccc2)N=c2s/c(=C\c3cc(C)n(-c4sc(C)c(C)c4C(=O)OC)c3C)c(=O)n2[C@@H]1c1cc(OC)ccc1OC. The standard InChI is InChI=1S/C38H37N3O7S2/c1-9-48-37(44)31-32(24-13-11-10-12-14-24)39-38-41(33(31)27-19-26(45-6)15-16-28(27)46-7)34(42)29(50-38)18-25-17-20(2)40(22(25)4)35-30(36(43)47-8)21(3)23(5)49-35/h10-19,33H,9H2,1-8H3/b29-18-/t33-/m1/s1. The molecule has 0 unspecified atom stereocenters. The molecule has 0 amide bonds. The zero-order valence-corrected chi connectivity index (χ0v) is 30.7. The molecule has 0 N–H and O–H groups in total. The Bertz CT molecular complexity index is 2360. The molecule has 6 rings (SSSR count). The Labute approximate surface area is 297 Å². The average Bonchev–Trinajstić information content (AvgIpc) is 3.70. The number of ether oxygens (including phenoxy) is 4. The first-order chi connectivity index (χ1) is 24.0. The van der Waals surface area contributed by atoms with Crippen molar-refractivity contribution in [3.8, 4) is 16.5 Å². The molecule has 0 saturated carbocycles. The fourth-order valence-corrected chi connectivity index (χ4v) is 8.53. The summed E-state index contributed by atoms with van der Waals surface area (Å²) >= 11 is 2.75.